The van der Waals surface area contributed by atoms with Gasteiger partial charge in [0, 0.05) is 23.0 Å². The van der Waals surface area contributed by atoms with Gasteiger partial charge in [0.05, 0.1) is 5.69 Å². The monoisotopic (exact) mass is 285 g/mol. The van der Waals surface area contributed by atoms with Crippen molar-refractivity contribution < 1.29 is 4.74 Å². The third-order valence-electron chi connectivity index (χ3n) is 3.60. The van der Waals surface area contributed by atoms with Crippen molar-refractivity contribution in [3.05, 3.63) is 64.8 Å². The smallest absolute Gasteiger partial charge is 0.128 e. The predicted octanol–water partition coefficient (Wildman–Crippen LogP) is 4.72. The molecule has 0 radical (unpaired) electrons. The Morgan fingerprint density at radius 2 is 1.90 bits per heavy atom. The standard InChI is InChI=1S/C17H16ClNO/c1-12-6-3-4-9-17(12)20-11-13-10-14-15(18)7-5-8-16(14)19(13)2/h3-10H,11H2,1-2H3. The molecule has 0 spiro atoms. The fourth-order valence-electron chi connectivity index (χ4n) is 2.39. The van der Waals surface area contributed by atoms with E-state index in [-0.39, 0.29) is 0 Å². The van der Waals surface area contributed by atoms with Gasteiger partial charge in [-0.3, -0.25) is 0 Å². The van der Waals surface area contributed by atoms with Crippen LogP contribution in [0.4, 0.5) is 0 Å². The van der Waals surface area contributed by atoms with Gasteiger partial charge >= 0.3 is 0 Å². The lowest BCUT2D eigenvalue weighted by Crippen LogP contribution is -2.02. The molecule has 0 aliphatic carbocycles. The van der Waals surface area contributed by atoms with Crippen molar-refractivity contribution in [1.29, 1.82) is 0 Å². The van der Waals surface area contributed by atoms with Gasteiger partial charge < -0.3 is 9.30 Å². The van der Waals surface area contributed by atoms with E-state index in [0.717, 1.165) is 32.9 Å². The summed E-state index contributed by atoms with van der Waals surface area (Å²) in [5, 5.41) is 1.85. The number of ether oxygens (including phenoxy) is 1. The fraction of sp³-hybridized carbons (Fsp3) is 0.176. The van der Waals surface area contributed by atoms with E-state index in [1.165, 1.54) is 0 Å². The summed E-state index contributed by atoms with van der Waals surface area (Å²) in [6.45, 7) is 2.58. The van der Waals surface area contributed by atoms with Crippen molar-refractivity contribution in [3.63, 3.8) is 0 Å². The van der Waals surface area contributed by atoms with Gasteiger partial charge in [0.1, 0.15) is 12.4 Å². The van der Waals surface area contributed by atoms with E-state index in [4.69, 9.17) is 16.3 Å². The molecule has 0 saturated heterocycles. The summed E-state index contributed by atoms with van der Waals surface area (Å²) in [4.78, 5) is 0. The number of benzene rings is 2. The topological polar surface area (TPSA) is 14.2 Å². The van der Waals surface area contributed by atoms with Crippen LogP contribution in [0.15, 0.2) is 48.5 Å². The van der Waals surface area contributed by atoms with E-state index in [1.807, 2.05) is 50.4 Å². The zero-order valence-electron chi connectivity index (χ0n) is 11.6. The zero-order chi connectivity index (χ0) is 14.1. The molecule has 1 aromatic heterocycles. The first-order valence-corrected chi connectivity index (χ1v) is 6.96. The highest BCUT2D eigenvalue weighted by atomic mass is 35.5. The Labute approximate surface area is 123 Å². The van der Waals surface area contributed by atoms with Crippen LogP contribution in [-0.4, -0.2) is 4.57 Å². The molecular weight excluding hydrogens is 270 g/mol. The quantitative estimate of drug-likeness (QED) is 0.679. The van der Waals surface area contributed by atoms with E-state index in [2.05, 4.69) is 16.7 Å². The highest BCUT2D eigenvalue weighted by molar-refractivity contribution is 6.35. The first kappa shape index (κ1) is 13.1. The molecule has 0 amide bonds. The lowest BCUT2D eigenvalue weighted by atomic mass is 10.2. The molecular formula is C17H16ClNO. The van der Waals surface area contributed by atoms with E-state index in [1.54, 1.807) is 0 Å². The Hall–Kier alpha value is -1.93. The van der Waals surface area contributed by atoms with E-state index in [9.17, 15) is 0 Å². The molecule has 2 aromatic carbocycles. The number of fused-ring (bicyclic) bond motifs is 1. The van der Waals surface area contributed by atoms with Crippen LogP contribution in [0.1, 0.15) is 11.3 Å². The van der Waals surface area contributed by atoms with Gasteiger partial charge in [0.2, 0.25) is 0 Å². The molecule has 3 rings (SSSR count). The fourth-order valence-corrected chi connectivity index (χ4v) is 2.61. The summed E-state index contributed by atoms with van der Waals surface area (Å²) in [6.07, 6.45) is 0. The molecule has 2 nitrogen and oxygen atoms in total. The Kier molecular flexibility index (Phi) is 3.41. The van der Waals surface area contributed by atoms with Crippen molar-refractivity contribution in [2.75, 3.05) is 0 Å². The normalized spacial score (nSPS) is 10.9. The van der Waals surface area contributed by atoms with Gasteiger partial charge in [-0.15, -0.1) is 0 Å². The van der Waals surface area contributed by atoms with Gasteiger partial charge in [-0.25, -0.2) is 0 Å². The third kappa shape index (κ3) is 2.27. The minimum atomic E-state index is 0.534. The number of rotatable bonds is 3. The average Bonchev–Trinajstić information content (AvgIpc) is 2.77. The summed E-state index contributed by atoms with van der Waals surface area (Å²) in [5.74, 6) is 0.920. The predicted molar refractivity (Wildman–Crippen MR) is 83.4 cm³/mol. The number of aromatic nitrogens is 1. The van der Waals surface area contributed by atoms with Crippen molar-refractivity contribution >= 4 is 22.5 Å². The molecule has 3 heteroatoms. The van der Waals surface area contributed by atoms with Gasteiger partial charge in [-0.1, -0.05) is 35.9 Å². The van der Waals surface area contributed by atoms with Crippen LogP contribution in [0.5, 0.6) is 5.75 Å². The number of aryl methyl sites for hydroxylation is 2. The maximum absolute atomic E-state index is 6.23. The van der Waals surface area contributed by atoms with Crippen molar-refractivity contribution in [2.45, 2.75) is 13.5 Å². The summed E-state index contributed by atoms with van der Waals surface area (Å²) in [6, 6.07) is 16.1. The minimum Gasteiger partial charge on any atom is -0.487 e. The molecule has 102 valence electrons. The lowest BCUT2D eigenvalue weighted by molar-refractivity contribution is 0.296. The molecule has 0 unspecified atom stereocenters. The summed E-state index contributed by atoms with van der Waals surface area (Å²) in [7, 11) is 2.04. The van der Waals surface area contributed by atoms with E-state index in [0.29, 0.717) is 6.61 Å². The molecule has 3 aromatic rings. The maximum atomic E-state index is 6.23. The van der Waals surface area contributed by atoms with Crippen LogP contribution in [0.25, 0.3) is 10.9 Å². The Bertz CT molecular complexity index is 761. The summed E-state index contributed by atoms with van der Waals surface area (Å²) in [5.41, 5.74) is 3.38. The number of para-hydroxylation sites is 1. The van der Waals surface area contributed by atoms with Crippen molar-refractivity contribution in [3.8, 4) is 5.75 Å². The van der Waals surface area contributed by atoms with Gasteiger partial charge in [0.15, 0.2) is 0 Å². The van der Waals surface area contributed by atoms with Crippen LogP contribution in [0.2, 0.25) is 5.02 Å². The van der Waals surface area contributed by atoms with Crippen LogP contribution >= 0.6 is 11.6 Å². The largest absolute Gasteiger partial charge is 0.487 e. The number of hydrogen-bond acceptors (Lipinski definition) is 1. The van der Waals surface area contributed by atoms with Crippen LogP contribution in [0, 0.1) is 6.92 Å². The van der Waals surface area contributed by atoms with E-state index >= 15 is 0 Å². The van der Waals surface area contributed by atoms with Crippen LogP contribution < -0.4 is 4.74 Å². The van der Waals surface area contributed by atoms with Gasteiger partial charge in [-0.2, -0.15) is 0 Å². The second kappa shape index (κ2) is 5.22. The van der Waals surface area contributed by atoms with Gasteiger partial charge in [-0.05, 0) is 36.8 Å². The summed E-state index contributed by atoms with van der Waals surface area (Å²) < 4.78 is 8.03. The molecule has 0 fully saturated rings. The number of hydrogen-bond donors (Lipinski definition) is 0. The Balaban J connectivity index is 1.90. The molecule has 0 bridgehead atoms. The molecule has 0 aliphatic heterocycles. The van der Waals surface area contributed by atoms with Gasteiger partial charge in [0.25, 0.3) is 0 Å². The third-order valence-corrected chi connectivity index (χ3v) is 3.93. The van der Waals surface area contributed by atoms with Crippen molar-refractivity contribution in [2.24, 2.45) is 7.05 Å². The average molecular weight is 286 g/mol. The lowest BCUT2D eigenvalue weighted by Gasteiger charge is -2.09. The molecule has 20 heavy (non-hydrogen) atoms. The maximum Gasteiger partial charge on any atom is 0.128 e. The molecule has 0 N–H and O–H groups in total. The Morgan fingerprint density at radius 1 is 1.10 bits per heavy atom. The molecule has 0 saturated carbocycles. The second-order valence-electron chi connectivity index (χ2n) is 4.92. The molecule has 0 atom stereocenters. The number of halogens is 1. The highest BCUT2D eigenvalue weighted by Gasteiger charge is 2.09. The second-order valence-corrected chi connectivity index (χ2v) is 5.33. The first-order valence-electron chi connectivity index (χ1n) is 6.58. The highest BCUT2D eigenvalue weighted by Crippen LogP contribution is 2.27. The SMILES string of the molecule is Cc1ccccc1OCc1cc2c(Cl)cccc2n1C. The Morgan fingerprint density at radius 3 is 2.65 bits per heavy atom. The summed E-state index contributed by atoms with van der Waals surface area (Å²) >= 11 is 6.23. The van der Waals surface area contributed by atoms with Crippen molar-refractivity contribution in [1.82, 2.24) is 4.57 Å². The minimum absolute atomic E-state index is 0.534. The molecule has 1 heterocycles. The number of nitrogens with zero attached hydrogens (tertiary/aromatic N) is 1. The van der Waals surface area contributed by atoms with Crippen LogP contribution in [0.3, 0.4) is 0 Å². The van der Waals surface area contributed by atoms with E-state index < -0.39 is 0 Å². The first-order chi connectivity index (χ1) is 9.66. The zero-order valence-corrected chi connectivity index (χ0v) is 12.3. The van der Waals surface area contributed by atoms with Crippen LogP contribution in [-0.2, 0) is 13.7 Å². The molecule has 0 aliphatic rings.